The molecule has 132 valence electrons. The first-order chi connectivity index (χ1) is 11.6. The van der Waals surface area contributed by atoms with Gasteiger partial charge < -0.3 is 5.32 Å². The molecule has 0 bridgehead atoms. The maximum atomic E-state index is 12.2. The number of anilines is 1. The summed E-state index contributed by atoms with van der Waals surface area (Å²) in [6, 6.07) is 7.31. The number of terminal acetylenes is 1. The van der Waals surface area contributed by atoms with E-state index in [-0.39, 0.29) is 22.8 Å². The van der Waals surface area contributed by atoms with E-state index in [2.05, 4.69) is 26.2 Å². The van der Waals surface area contributed by atoms with E-state index in [1.165, 1.54) is 24.3 Å². The number of carbonyl (C=O) groups is 1. The molecule has 0 aliphatic rings. The van der Waals surface area contributed by atoms with Crippen LogP contribution < -0.4 is 10.0 Å². The number of H-pyrrole nitrogens is 1. The van der Waals surface area contributed by atoms with Crippen LogP contribution in [0.5, 0.6) is 0 Å². The van der Waals surface area contributed by atoms with Gasteiger partial charge in [0.25, 0.3) is 5.91 Å². The van der Waals surface area contributed by atoms with E-state index in [9.17, 15) is 13.2 Å². The summed E-state index contributed by atoms with van der Waals surface area (Å²) >= 11 is 0. The van der Waals surface area contributed by atoms with Crippen molar-refractivity contribution in [1.82, 2.24) is 14.9 Å². The number of sulfonamides is 1. The Labute approximate surface area is 147 Å². The van der Waals surface area contributed by atoms with Crippen LogP contribution in [0.4, 0.5) is 5.82 Å². The normalized spacial score (nSPS) is 11.8. The number of nitrogens with zero attached hydrogens (tertiary/aromatic N) is 1. The SMILES string of the molecule is C#CCNS(=O)(=O)c1ccc(C(=O)Nc2cc(C(C)(C)C)[nH]n2)cc1. The minimum absolute atomic E-state index is 0.0362. The molecule has 7 nitrogen and oxygen atoms in total. The Morgan fingerprint density at radius 1 is 1.28 bits per heavy atom. The average Bonchev–Trinajstić information content (AvgIpc) is 3.02. The molecule has 25 heavy (non-hydrogen) atoms. The number of nitrogens with one attached hydrogen (secondary N) is 3. The van der Waals surface area contributed by atoms with Crippen LogP contribution in [0.2, 0.25) is 0 Å². The first kappa shape index (κ1) is 18.7. The van der Waals surface area contributed by atoms with Crippen LogP contribution in [0.3, 0.4) is 0 Å². The lowest BCUT2D eigenvalue weighted by molar-refractivity contribution is 0.102. The largest absolute Gasteiger partial charge is 0.305 e. The number of benzene rings is 1. The van der Waals surface area contributed by atoms with Crippen LogP contribution >= 0.6 is 0 Å². The Morgan fingerprint density at radius 3 is 2.44 bits per heavy atom. The van der Waals surface area contributed by atoms with Crippen LogP contribution in [-0.4, -0.2) is 31.1 Å². The molecular formula is C17H20N4O3S. The first-order valence-electron chi connectivity index (χ1n) is 7.54. The number of hydrogen-bond acceptors (Lipinski definition) is 4. The van der Waals surface area contributed by atoms with Crippen LogP contribution in [0.15, 0.2) is 35.2 Å². The third kappa shape index (κ3) is 4.68. The molecule has 8 heteroatoms. The van der Waals surface area contributed by atoms with Crippen molar-refractivity contribution in [3.8, 4) is 12.3 Å². The lowest BCUT2D eigenvalue weighted by Gasteiger charge is -2.14. The molecule has 1 amide bonds. The number of amides is 1. The van der Waals surface area contributed by atoms with Gasteiger partial charge in [-0.2, -0.15) is 9.82 Å². The Balaban J connectivity index is 2.11. The average molecular weight is 360 g/mol. The van der Waals surface area contributed by atoms with Crippen LogP contribution in [0.25, 0.3) is 0 Å². The zero-order valence-corrected chi connectivity index (χ0v) is 15.1. The van der Waals surface area contributed by atoms with E-state index in [1.807, 2.05) is 20.8 Å². The quantitative estimate of drug-likeness (QED) is 0.708. The fourth-order valence-corrected chi connectivity index (χ4v) is 2.90. The van der Waals surface area contributed by atoms with E-state index >= 15 is 0 Å². The number of aromatic nitrogens is 2. The zero-order valence-electron chi connectivity index (χ0n) is 14.3. The molecule has 0 fully saturated rings. The summed E-state index contributed by atoms with van der Waals surface area (Å²) in [5.74, 6) is 2.22. The van der Waals surface area contributed by atoms with Crippen molar-refractivity contribution in [2.75, 3.05) is 11.9 Å². The molecule has 0 saturated carbocycles. The van der Waals surface area contributed by atoms with E-state index in [0.717, 1.165) is 5.69 Å². The van der Waals surface area contributed by atoms with Crippen molar-refractivity contribution < 1.29 is 13.2 Å². The molecular weight excluding hydrogens is 340 g/mol. The fourth-order valence-electron chi connectivity index (χ4n) is 1.96. The van der Waals surface area contributed by atoms with Gasteiger partial charge in [-0.15, -0.1) is 6.42 Å². The van der Waals surface area contributed by atoms with Crippen molar-refractivity contribution in [2.24, 2.45) is 0 Å². The minimum Gasteiger partial charge on any atom is -0.305 e. The second-order valence-corrected chi connectivity index (χ2v) is 8.19. The second kappa shape index (κ2) is 7.09. The Kier molecular flexibility index (Phi) is 5.30. The summed E-state index contributed by atoms with van der Waals surface area (Å²) in [5, 5.41) is 9.61. The second-order valence-electron chi connectivity index (χ2n) is 6.42. The van der Waals surface area contributed by atoms with Crippen LogP contribution in [0, 0.1) is 12.3 Å². The van der Waals surface area contributed by atoms with Gasteiger partial charge in [0.15, 0.2) is 5.82 Å². The third-order valence-electron chi connectivity index (χ3n) is 3.42. The van der Waals surface area contributed by atoms with Crippen molar-refractivity contribution in [2.45, 2.75) is 31.1 Å². The molecule has 0 aliphatic heterocycles. The van der Waals surface area contributed by atoms with Gasteiger partial charge in [0.2, 0.25) is 10.0 Å². The van der Waals surface area contributed by atoms with Gasteiger partial charge in [0, 0.05) is 22.7 Å². The maximum Gasteiger partial charge on any atom is 0.256 e. The number of carbonyl (C=O) groups excluding carboxylic acids is 1. The molecule has 2 rings (SSSR count). The molecule has 0 radical (unpaired) electrons. The molecule has 0 aliphatic carbocycles. The van der Waals surface area contributed by atoms with Gasteiger partial charge in [0.1, 0.15) is 0 Å². The topological polar surface area (TPSA) is 104 Å². The summed E-state index contributed by atoms with van der Waals surface area (Å²) in [7, 11) is -3.68. The van der Waals surface area contributed by atoms with Gasteiger partial charge in [-0.3, -0.25) is 9.89 Å². The highest BCUT2D eigenvalue weighted by Gasteiger charge is 2.18. The Bertz CT molecular complexity index is 901. The fraction of sp³-hybridized carbons (Fsp3) is 0.294. The summed E-state index contributed by atoms with van der Waals surface area (Å²) in [6.07, 6.45) is 5.04. The van der Waals surface area contributed by atoms with E-state index < -0.39 is 10.0 Å². The van der Waals surface area contributed by atoms with Crippen LogP contribution in [-0.2, 0) is 15.4 Å². The van der Waals surface area contributed by atoms with Crippen molar-refractivity contribution >= 4 is 21.7 Å². The standard InChI is InChI=1S/C17H20N4O3S/c1-5-10-18-25(23,24)13-8-6-12(7-9-13)16(22)19-15-11-14(20-21-15)17(2,3)4/h1,6-9,11,18H,10H2,2-4H3,(H2,19,20,21,22). The van der Waals surface area contributed by atoms with E-state index in [4.69, 9.17) is 6.42 Å². The molecule has 0 saturated heterocycles. The smallest absolute Gasteiger partial charge is 0.256 e. The van der Waals surface area contributed by atoms with E-state index in [1.54, 1.807) is 6.07 Å². The van der Waals surface area contributed by atoms with Gasteiger partial charge in [-0.1, -0.05) is 26.7 Å². The Morgan fingerprint density at radius 2 is 1.92 bits per heavy atom. The zero-order chi connectivity index (χ0) is 18.7. The lowest BCUT2D eigenvalue weighted by atomic mass is 9.92. The highest BCUT2D eigenvalue weighted by molar-refractivity contribution is 7.89. The molecule has 1 heterocycles. The summed E-state index contributed by atoms with van der Waals surface area (Å²) in [4.78, 5) is 12.3. The Hall–Kier alpha value is -2.63. The molecule has 1 aromatic heterocycles. The molecule has 2 aromatic rings. The number of rotatable bonds is 5. The van der Waals surface area contributed by atoms with Gasteiger partial charge >= 0.3 is 0 Å². The number of aromatic amines is 1. The molecule has 3 N–H and O–H groups in total. The maximum absolute atomic E-state index is 12.2. The monoisotopic (exact) mass is 360 g/mol. The predicted octanol–water partition coefficient (Wildman–Crippen LogP) is 1.87. The summed E-state index contributed by atoms with van der Waals surface area (Å²) in [6.45, 7) is 5.98. The first-order valence-corrected chi connectivity index (χ1v) is 9.02. The summed E-state index contributed by atoms with van der Waals surface area (Å²) < 4.78 is 26.1. The third-order valence-corrected chi connectivity index (χ3v) is 4.84. The molecule has 1 aromatic carbocycles. The summed E-state index contributed by atoms with van der Waals surface area (Å²) in [5.41, 5.74) is 1.09. The van der Waals surface area contributed by atoms with Crippen molar-refractivity contribution in [1.29, 1.82) is 0 Å². The van der Waals surface area contributed by atoms with Crippen molar-refractivity contribution in [3.05, 3.63) is 41.6 Å². The highest BCUT2D eigenvalue weighted by atomic mass is 32.2. The molecule has 0 atom stereocenters. The van der Waals surface area contributed by atoms with Gasteiger partial charge in [0.05, 0.1) is 11.4 Å². The van der Waals surface area contributed by atoms with Crippen LogP contribution in [0.1, 0.15) is 36.8 Å². The number of hydrogen-bond donors (Lipinski definition) is 3. The highest BCUT2D eigenvalue weighted by Crippen LogP contribution is 2.22. The molecule has 0 unspecified atom stereocenters. The molecule has 0 spiro atoms. The van der Waals surface area contributed by atoms with E-state index in [0.29, 0.717) is 11.4 Å². The lowest BCUT2D eigenvalue weighted by Crippen LogP contribution is -2.24. The minimum atomic E-state index is -3.68. The predicted molar refractivity (Wildman–Crippen MR) is 95.7 cm³/mol. The van der Waals surface area contributed by atoms with Crippen molar-refractivity contribution in [3.63, 3.8) is 0 Å². The van der Waals surface area contributed by atoms with Gasteiger partial charge in [-0.05, 0) is 24.3 Å². The van der Waals surface area contributed by atoms with Gasteiger partial charge in [-0.25, -0.2) is 8.42 Å².